The van der Waals surface area contributed by atoms with Gasteiger partial charge in [0.2, 0.25) is 0 Å². The third-order valence-electron chi connectivity index (χ3n) is 3.83. The molecule has 0 amide bonds. The lowest BCUT2D eigenvalue weighted by Gasteiger charge is -2.16. The molecule has 0 spiro atoms. The van der Waals surface area contributed by atoms with Crippen molar-refractivity contribution in [2.75, 3.05) is 11.6 Å². The van der Waals surface area contributed by atoms with E-state index in [4.69, 9.17) is 5.26 Å². The van der Waals surface area contributed by atoms with Crippen LogP contribution in [0.15, 0.2) is 41.4 Å². The summed E-state index contributed by atoms with van der Waals surface area (Å²) in [6, 6.07) is 10.9. The van der Waals surface area contributed by atoms with Gasteiger partial charge in [-0.2, -0.15) is 5.26 Å². The molecule has 0 fully saturated rings. The maximum Gasteiger partial charge on any atom is 0.179 e. The number of pyridine rings is 1. The van der Waals surface area contributed by atoms with Crippen LogP contribution in [-0.2, 0) is 16.3 Å². The highest BCUT2D eigenvalue weighted by Crippen LogP contribution is 2.35. The van der Waals surface area contributed by atoms with Crippen molar-refractivity contribution < 1.29 is 8.42 Å². The normalized spacial score (nSPS) is 16.8. The Hall–Kier alpha value is -2.39. The second-order valence-corrected chi connectivity index (χ2v) is 7.37. The number of benzene rings is 1. The minimum Gasteiger partial charge on any atom is -0.362 e. The Bertz CT molecular complexity index is 869. The van der Waals surface area contributed by atoms with Crippen LogP contribution in [0.5, 0.6) is 0 Å². The smallest absolute Gasteiger partial charge is 0.179 e. The van der Waals surface area contributed by atoms with Crippen LogP contribution < -0.4 is 5.32 Å². The predicted octanol–water partition coefficient (Wildman–Crippen LogP) is 2.46. The summed E-state index contributed by atoms with van der Waals surface area (Å²) in [7, 11) is -3.33. The van der Waals surface area contributed by atoms with E-state index in [-0.39, 0.29) is 10.9 Å². The first-order valence-corrected chi connectivity index (χ1v) is 8.83. The fraction of sp³-hybridized carbons (Fsp3) is 0.250. The standard InChI is InChI=1S/C16H15N3O2S/c1-22(20,21)15-3-2-8-18-16(15)19-14-7-5-12-9-11(10-17)4-6-13(12)14/h2-4,6,8-9,14H,5,7H2,1H3,(H,18,19). The molecule has 5 nitrogen and oxygen atoms in total. The second kappa shape index (κ2) is 5.43. The number of aromatic nitrogens is 1. The largest absolute Gasteiger partial charge is 0.362 e. The van der Waals surface area contributed by atoms with Crippen LogP contribution in [0.4, 0.5) is 5.82 Å². The molecule has 1 aromatic heterocycles. The van der Waals surface area contributed by atoms with E-state index in [1.54, 1.807) is 24.4 Å². The van der Waals surface area contributed by atoms with E-state index in [0.29, 0.717) is 11.4 Å². The van der Waals surface area contributed by atoms with Gasteiger partial charge in [-0.3, -0.25) is 0 Å². The third-order valence-corrected chi connectivity index (χ3v) is 4.96. The van der Waals surface area contributed by atoms with Gasteiger partial charge in [-0.15, -0.1) is 0 Å². The number of nitrogens with one attached hydrogen (secondary N) is 1. The highest BCUT2D eigenvalue weighted by atomic mass is 32.2. The summed E-state index contributed by atoms with van der Waals surface area (Å²) >= 11 is 0. The minimum absolute atomic E-state index is 0.0122. The average Bonchev–Trinajstić information content (AvgIpc) is 2.89. The van der Waals surface area contributed by atoms with Gasteiger partial charge < -0.3 is 5.32 Å². The molecule has 0 saturated heterocycles. The quantitative estimate of drug-likeness (QED) is 0.941. The summed E-state index contributed by atoms with van der Waals surface area (Å²) in [4.78, 5) is 4.38. The van der Waals surface area contributed by atoms with E-state index in [9.17, 15) is 8.42 Å². The van der Waals surface area contributed by atoms with Gasteiger partial charge >= 0.3 is 0 Å². The predicted molar refractivity (Wildman–Crippen MR) is 83.2 cm³/mol. The molecular weight excluding hydrogens is 298 g/mol. The molecule has 6 heteroatoms. The lowest BCUT2D eigenvalue weighted by molar-refractivity contribution is 0.601. The van der Waals surface area contributed by atoms with Gasteiger partial charge in [0.1, 0.15) is 10.7 Å². The van der Waals surface area contributed by atoms with Crippen LogP contribution in [0.2, 0.25) is 0 Å². The summed E-state index contributed by atoms with van der Waals surface area (Å²) in [6.07, 6.45) is 4.47. The number of hydrogen-bond acceptors (Lipinski definition) is 5. The third kappa shape index (κ3) is 2.68. The lowest BCUT2D eigenvalue weighted by Crippen LogP contribution is -2.12. The molecule has 2 aromatic rings. The van der Waals surface area contributed by atoms with Crippen molar-refractivity contribution in [3.63, 3.8) is 0 Å². The molecule has 1 N–H and O–H groups in total. The van der Waals surface area contributed by atoms with E-state index in [1.165, 1.54) is 6.26 Å². The SMILES string of the molecule is CS(=O)(=O)c1cccnc1NC1CCc2cc(C#N)ccc21. The summed E-state index contributed by atoms with van der Waals surface area (Å²) in [6.45, 7) is 0. The molecule has 1 aliphatic carbocycles. The highest BCUT2D eigenvalue weighted by molar-refractivity contribution is 7.90. The molecular formula is C16H15N3O2S. The number of anilines is 1. The molecule has 0 bridgehead atoms. The maximum absolute atomic E-state index is 11.8. The molecule has 0 radical (unpaired) electrons. The van der Waals surface area contributed by atoms with Crippen molar-refractivity contribution in [1.29, 1.82) is 5.26 Å². The lowest BCUT2D eigenvalue weighted by atomic mass is 10.1. The fourth-order valence-electron chi connectivity index (χ4n) is 2.80. The Morgan fingerprint density at radius 3 is 2.91 bits per heavy atom. The Balaban J connectivity index is 1.94. The van der Waals surface area contributed by atoms with Crippen LogP contribution in [0.1, 0.15) is 29.2 Å². The van der Waals surface area contributed by atoms with Crippen LogP contribution >= 0.6 is 0 Å². The van der Waals surface area contributed by atoms with Crippen molar-refractivity contribution >= 4 is 15.7 Å². The molecule has 1 aliphatic rings. The van der Waals surface area contributed by atoms with Crippen molar-refractivity contribution in [3.05, 3.63) is 53.2 Å². The number of fused-ring (bicyclic) bond motifs is 1. The monoisotopic (exact) mass is 313 g/mol. The Kier molecular flexibility index (Phi) is 3.59. The summed E-state index contributed by atoms with van der Waals surface area (Å²) in [5, 5.41) is 12.2. The van der Waals surface area contributed by atoms with Crippen molar-refractivity contribution in [1.82, 2.24) is 4.98 Å². The van der Waals surface area contributed by atoms with Crippen LogP contribution in [-0.4, -0.2) is 19.7 Å². The average molecular weight is 313 g/mol. The van der Waals surface area contributed by atoms with Gasteiger partial charge in [-0.05, 0) is 48.2 Å². The van der Waals surface area contributed by atoms with E-state index in [2.05, 4.69) is 16.4 Å². The van der Waals surface area contributed by atoms with E-state index < -0.39 is 9.84 Å². The number of hydrogen-bond donors (Lipinski definition) is 1. The number of rotatable bonds is 3. The zero-order valence-electron chi connectivity index (χ0n) is 12.1. The van der Waals surface area contributed by atoms with Crippen LogP contribution in [0.3, 0.4) is 0 Å². The molecule has 112 valence electrons. The van der Waals surface area contributed by atoms with Crippen LogP contribution in [0, 0.1) is 11.3 Å². The Morgan fingerprint density at radius 1 is 1.36 bits per heavy atom. The molecule has 1 aromatic carbocycles. The number of nitrogens with zero attached hydrogens (tertiary/aromatic N) is 2. The van der Waals surface area contributed by atoms with Crippen LogP contribution in [0.25, 0.3) is 0 Å². The first-order valence-electron chi connectivity index (χ1n) is 6.93. The van der Waals surface area contributed by atoms with Gasteiger partial charge in [0, 0.05) is 12.5 Å². The minimum atomic E-state index is -3.33. The fourth-order valence-corrected chi connectivity index (χ4v) is 3.59. The van der Waals surface area contributed by atoms with Gasteiger partial charge in [-0.25, -0.2) is 13.4 Å². The maximum atomic E-state index is 11.8. The van der Waals surface area contributed by atoms with E-state index in [1.807, 2.05) is 12.1 Å². The molecule has 1 atom stereocenters. The topological polar surface area (TPSA) is 82.8 Å². The van der Waals surface area contributed by atoms with Gasteiger partial charge in [0.15, 0.2) is 9.84 Å². The summed E-state index contributed by atoms with van der Waals surface area (Å²) in [5.41, 5.74) is 2.88. The zero-order chi connectivity index (χ0) is 15.7. The summed E-state index contributed by atoms with van der Waals surface area (Å²) < 4.78 is 23.7. The molecule has 1 heterocycles. The molecule has 0 saturated carbocycles. The Morgan fingerprint density at radius 2 is 2.18 bits per heavy atom. The van der Waals surface area contributed by atoms with Gasteiger partial charge in [-0.1, -0.05) is 6.07 Å². The number of aryl methyl sites for hydroxylation is 1. The molecule has 22 heavy (non-hydrogen) atoms. The second-order valence-electron chi connectivity index (χ2n) is 5.38. The molecule has 0 aliphatic heterocycles. The first kappa shape index (κ1) is 14.5. The van der Waals surface area contributed by atoms with E-state index >= 15 is 0 Å². The highest BCUT2D eigenvalue weighted by Gasteiger charge is 2.25. The van der Waals surface area contributed by atoms with Crippen molar-refractivity contribution in [2.45, 2.75) is 23.8 Å². The number of nitriles is 1. The van der Waals surface area contributed by atoms with Gasteiger partial charge in [0.05, 0.1) is 17.7 Å². The molecule has 3 rings (SSSR count). The number of sulfone groups is 1. The van der Waals surface area contributed by atoms with Crippen molar-refractivity contribution in [3.8, 4) is 6.07 Å². The van der Waals surface area contributed by atoms with Gasteiger partial charge in [0.25, 0.3) is 0 Å². The molecule has 1 unspecified atom stereocenters. The zero-order valence-corrected chi connectivity index (χ0v) is 12.9. The van der Waals surface area contributed by atoms with Crippen molar-refractivity contribution in [2.24, 2.45) is 0 Å². The summed E-state index contributed by atoms with van der Waals surface area (Å²) in [5.74, 6) is 0.382. The first-order chi connectivity index (χ1) is 10.5. The Labute approximate surface area is 129 Å². The van der Waals surface area contributed by atoms with E-state index in [0.717, 1.165) is 24.0 Å².